The number of nitrogens with zero attached hydrogens (tertiary/aromatic N) is 2. The van der Waals surface area contributed by atoms with E-state index in [1.807, 2.05) is 54.6 Å². The first-order valence-electron chi connectivity index (χ1n) is 10.3. The second-order valence-corrected chi connectivity index (χ2v) is 7.62. The Morgan fingerprint density at radius 1 is 1.00 bits per heavy atom. The number of nitrogen functional groups attached to an aromatic ring is 2. The first-order valence-corrected chi connectivity index (χ1v) is 10.3. The van der Waals surface area contributed by atoms with Gasteiger partial charge in [0.1, 0.15) is 5.82 Å². The maximum Gasteiger partial charge on any atom is 0.319 e. The molecule has 1 aliphatic carbocycles. The van der Waals surface area contributed by atoms with Crippen LogP contribution in [0.2, 0.25) is 0 Å². The third-order valence-corrected chi connectivity index (χ3v) is 5.06. The predicted molar refractivity (Wildman–Crippen MR) is 121 cm³/mol. The Balaban J connectivity index is 1.45. The molecule has 0 atom stereocenters. The average Bonchev–Trinajstić information content (AvgIpc) is 3.58. The number of nitrogens with one attached hydrogen (secondary N) is 2. The Morgan fingerprint density at radius 2 is 1.74 bits per heavy atom. The summed E-state index contributed by atoms with van der Waals surface area (Å²) >= 11 is 0. The summed E-state index contributed by atoms with van der Waals surface area (Å²) in [4.78, 5) is 20.4. The fourth-order valence-corrected chi connectivity index (χ4v) is 3.26. The van der Waals surface area contributed by atoms with Crippen molar-refractivity contribution in [1.29, 1.82) is 0 Å². The Bertz CT molecular complexity index is 1040. The number of benzene rings is 2. The third kappa shape index (κ3) is 5.70. The van der Waals surface area contributed by atoms with Crippen LogP contribution in [0.25, 0.3) is 11.1 Å². The van der Waals surface area contributed by atoms with Gasteiger partial charge in [-0.15, -0.1) is 0 Å². The number of nitrogens with two attached hydrogens (primary N) is 2. The highest BCUT2D eigenvalue weighted by molar-refractivity contribution is 5.89. The van der Waals surface area contributed by atoms with E-state index >= 15 is 0 Å². The van der Waals surface area contributed by atoms with Gasteiger partial charge in [-0.25, -0.2) is 9.78 Å². The largest absolute Gasteiger partial charge is 0.383 e. The van der Waals surface area contributed by atoms with Gasteiger partial charge in [-0.1, -0.05) is 42.5 Å². The van der Waals surface area contributed by atoms with Crippen LogP contribution in [0.3, 0.4) is 0 Å². The van der Waals surface area contributed by atoms with Gasteiger partial charge in [0.05, 0.1) is 18.9 Å². The molecule has 1 fully saturated rings. The van der Waals surface area contributed by atoms with Crippen molar-refractivity contribution in [2.24, 2.45) is 5.92 Å². The van der Waals surface area contributed by atoms with E-state index in [0.29, 0.717) is 29.5 Å². The smallest absolute Gasteiger partial charge is 0.319 e. The molecule has 1 aromatic heterocycles. The standard InChI is InChI=1S/C23H26N6O2/c24-21-20(17-8-10-18(11-9-17)27-23(30)26-12-15-6-7-15)19(28-22(25)29-21)14-31-13-16-4-2-1-3-5-16/h1-5,8-11,15H,6-7,12-14H2,(H2,26,27,30)(H4,24,25,28,29). The van der Waals surface area contributed by atoms with Crippen LogP contribution in [0.1, 0.15) is 24.1 Å². The molecule has 0 spiro atoms. The van der Waals surface area contributed by atoms with Crippen molar-refractivity contribution in [3.8, 4) is 11.1 Å². The van der Waals surface area contributed by atoms with Gasteiger partial charge in [0.25, 0.3) is 0 Å². The monoisotopic (exact) mass is 418 g/mol. The molecule has 0 unspecified atom stereocenters. The van der Waals surface area contributed by atoms with Crippen LogP contribution in [0.15, 0.2) is 54.6 Å². The molecule has 8 nitrogen and oxygen atoms in total. The molecule has 0 saturated heterocycles. The van der Waals surface area contributed by atoms with Crippen molar-refractivity contribution in [2.75, 3.05) is 23.3 Å². The van der Waals surface area contributed by atoms with E-state index < -0.39 is 0 Å². The SMILES string of the molecule is Nc1nc(N)c(-c2ccc(NC(=O)NCC3CC3)cc2)c(COCc2ccccc2)n1. The molecular weight excluding hydrogens is 392 g/mol. The van der Waals surface area contributed by atoms with E-state index in [2.05, 4.69) is 20.6 Å². The lowest BCUT2D eigenvalue weighted by Gasteiger charge is -2.13. The number of amides is 2. The van der Waals surface area contributed by atoms with Crippen LogP contribution in [-0.4, -0.2) is 22.5 Å². The molecule has 1 saturated carbocycles. The summed E-state index contributed by atoms with van der Waals surface area (Å²) in [6.07, 6.45) is 2.38. The van der Waals surface area contributed by atoms with Gasteiger partial charge in [-0.05, 0) is 42.0 Å². The van der Waals surface area contributed by atoms with Crippen LogP contribution in [0.4, 0.5) is 22.2 Å². The second kappa shape index (κ2) is 9.44. The van der Waals surface area contributed by atoms with E-state index in [1.165, 1.54) is 12.8 Å². The summed E-state index contributed by atoms with van der Waals surface area (Å²) in [5.74, 6) is 1.02. The van der Waals surface area contributed by atoms with Crippen molar-refractivity contribution in [3.05, 3.63) is 65.9 Å². The van der Waals surface area contributed by atoms with Crippen LogP contribution in [0.5, 0.6) is 0 Å². The number of anilines is 3. The van der Waals surface area contributed by atoms with Crippen molar-refractivity contribution >= 4 is 23.5 Å². The minimum Gasteiger partial charge on any atom is -0.383 e. The van der Waals surface area contributed by atoms with Gasteiger partial charge in [0.15, 0.2) is 0 Å². The van der Waals surface area contributed by atoms with Crippen LogP contribution in [0, 0.1) is 5.92 Å². The lowest BCUT2D eigenvalue weighted by molar-refractivity contribution is 0.105. The summed E-state index contributed by atoms with van der Waals surface area (Å²) in [6, 6.07) is 17.0. The number of carbonyl (C=O) groups excluding carboxylic acids is 1. The van der Waals surface area contributed by atoms with E-state index in [4.69, 9.17) is 16.2 Å². The summed E-state index contributed by atoms with van der Waals surface area (Å²) in [7, 11) is 0. The number of ether oxygens (including phenoxy) is 1. The van der Waals surface area contributed by atoms with Gasteiger partial charge in [-0.3, -0.25) is 0 Å². The fourth-order valence-electron chi connectivity index (χ4n) is 3.26. The van der Waals surface area contributed by atoms with E-state index in [1.54, 1.807) is 0 Å². The first-order chi connectivity index (χ1) is 15.1. The molecule has 31 heavy (non-hydrogen) atoms. The molecule has 2 amide bonds. The predicted octanol–water partition coefficient (Wildman–Crippen LogP) is 3.56. The summed E-state index contributed by atoms with van der Waals surface area (Å²) in [6.45, 7) is 1.41. The van der Waals surface area contributed by atoms with Crippen molar-refractivity contribution in [3.63, 3.8) is 0 Å². The highest BCUT2D eigenvalue weighted by Crippen LogP contribution is 2.30. The average molecular weight is 419 g/mol. The molecule has 1 aliphatic rings. The molecule has 4 rings (SSSR count). The zero-order chi connectivity index (χ0) is 21.6. The van der Waals surface area contributed by atoms with Crippen LogP contribution >= 0.6 is 0 Å². The minimum atomic E-state index is -0.204. The lowest BCUT2D eigenvalue weighted by atomic mass is 10.0. The second-order valence-electron chi connectivity index (χ2n) is 7.62. The van der Waals surface area contributed by atoms with Crippen LogP contribution in [-0.2, 0) is 18.0 Å². The van der Waals surface area contributed by atoms with Crippen molar-refractivity contribution in [2.45, 2.75) is 26.1 Å². The lowest BCUT2D eigenvalue weighted by Crippen LogP contribution is -2.30. The topological polar surface area (TPSA) is 128 Å². The maximum atomic E-state index is 12.0. The molecule has 2 aromatic carbocycles. The molecule has 3 aromatic rings. The number of carbonyl (C=O) groups is 1. The molecule has 8 heteroatoms. The zero-order valence-electron chi connectivity index (χ0n) is 17.2. The van der Waals surface area contributed by atoms with Gasteiger partial charge in [0, 0.05) is 17.8 Å². The highest BCUT2D eigenvalue weighted by Gasteiger charge is 2.21. The number of rotatable bonds is 8. The van der Waals surface area contributed by atoms with E-state index in [9.17, 15) is 4.79 Å². The van der Waals surface area contributed by atoms with E-state index in [0.717, 1.165) is 17.7 Å². The van der Waals surface area contributed by atoms with Gasteiger partial charge < -0.3 is 26.8 Å². The minimum absolute atomic E-state index is 0.102. The van der Waals surface area contributed by atoms with Crippen LogP contribution < -0.4 is 22.1 Å². The summed E-state index contributed by atoms with van der Waals surface area (Å²) in [5.41, 5.74) is 15.8. The zero-order valence-corrected chi connectivity index (χ0v) is 17.2. The number of hydrogen-bond donors (Lipinski definition) is 4. The normalized spacial score (nSPS) is 13.0. The molecule has 0 aliphatic heterocycles. The summed E-state index contributed by atoms with van der Waals surface area (Å²) < 4.78 is 5.84. The first kappa shape index (κ1) is 20.6. The molecule has 0 bridgehead atoms. The highest BCUT2D eigenvalue weighted by atomic mass is 16.5. The molecule has 160 valence electrons. The quantitative estimate of drug-likeness (QED) is 0.443. The third-order valence-electron chi connectivity index (χ3n) is 5.06. The van der Waals surface area contributed by atoms with Gasteiger partial charge in [0.2, 0.25) is 5.95 Å². The van der Waals surface area contributed by atoms with Crippen molar-refractivity contribution in [1.82, 2.24) is 15.3 Å². The fraction of sp³-hybridized carbons (Fsp3) is 0.261. The molecular formula is C23H26N6O2. The van der Waals surface area contributed by atoms with E-state index in [-0.39, 0.29) is 24.4 Å². The molecule has 1 heterocycles. The summed E-state index contributed by atoms with van der Waals surface area (Å²) in [5, 5.41) is 5.72. The number of urea groups is 1. The Labute approximate surface area is 181 Å². The number of aromatic nitrogens is 2. The molecule has 0 radical (unpaired) electrons. The number of hydrogen-bond acceptors (Lipinski definition) is 6. The molecule has 6 N–H and O–H groups in total. The maximum absolute atomic E-state index is 12.0. The van der Waals surface area contributed by atoms with Gasteiger partial charge in [-0.2, -0.15) is 4.98 Å². The Kier molecular flexibility index (Phi) is 6.28. The van der Waals surface area contributed by atoms with Gasteiger partial charge >= 0.3 is 6.03 Å². The Hall–Kier alpha value is -3.65. The van der Waals surface area contributed by atoms with Crippen molar-refractivity contribution < 1.29 is 9.53 Å². The Morgan fingerprint density at radius 3 is 2.45 bits per heavy atom.